The van der Waals surface area contributed by atoms with E-state index in [1.807, 2.05) is 18.8 Å². The molecule has 1 atom stereocenters. The lowest BCUT2D eigenvalue weighted by molar-refractivity contribution is 0.486. The van der Waals surface area contributed by atoms with Crippen molar-refractivity contribution in [1.29, 1.82) is 0 Å². The van der Waals surface area contributed by atoms with E-state index in [-0.39, 0.29) is 0 Å². The van der Waals surface area contributed by atoms with Crippen LogP contribution in [0.25, 0.3) is 0 Å². The van der Waals surface area contributed by atoms with Gasteiger partial charge in [-0.2, -0.15) is 11.8 Å². The summed E-state index contributed by atoms with van der Waals surface area (Å²) in [6.45, 7) is 3.19. The quantitative estimate of drug-likeness (QED) is 0.513. The molecule has 1 aliphatic rings. The van der Waals surface area contributed by atoms with Gasteiger partial charge in [0.15, 0.2) is 5.96 Å². The largest absolute Gasteiger partial charge is 0.356 e. The molecule has 0 saturated carbocycles. The lowest BCUT2D eigenvalue weighted by Gasteiger charge is -2.21. The van der Waals surface area contributed by atoms with Crippen LogP contribution in [0.1, 0.15) is 24.3 Å². The molecule has 0 bridgehead atoms. The fraction of sp³-hybridized carbons (Fsp3) is 0.562. The molecule has 1 heterocycles. The zero-order valence-corrected chi connectivity index (χ0v) is 13.3. The number of nitrogens with one attached hydrogen (secondary N) is 1. The first-order valence-electron chi connectivity index (χ1n) is 7.34. The number of rotatable bonds is 5. The highest BCUT2D eigenvalue weighted by molar-refractivity contribution is 7.98. The van der Waals surface area contributed by atoms with Gasteiger partial charge in [0.05, 0.1) is 0 Å². The van der Waals surface area contributed by atoms with Crippen LogP contribution in [0, 0.1) is 0 Å². The van der Waals surface area contributed by atoms with Crippen LogP contribution in [0.2, 0.25) is 0 Å². The van der Waals surface area contributed by atoms with Crippen molar-refractivity contribution in [2.45, 2.75) is 18.8 Å². The lowest BCUT2D eigenvalue weighted by Crippen LogP contribution is -2.40. The van der Waals surface area contributed by atoms with E-state index in [9.17, 15) is 0 Å². The van der Waals surface area contributed by atoms with E-state index >= 15 is 0 Å². The Kier molecular flexibility index (Phi) is 6.25. The summed E-state index contributed by atoms with van der Waals surface area (Å²) >= 11 is 1.90. The van der Waals surface area contributed by atoms with Crippen LogP contribution < -0.4 is 5.32 Å². The summed E-state index contributed by atoms with van der Waals surface area (Å²) < 4.78 is 0. The summed E-state index contributed by atoms with van der Waals surface area (Å²) in [6, 6.07) is 10.8. The Hall–Kier alpha value is -1.16. The fourth-order valence-corrected chi connectivity index (χ4v) is 3.13. The topological polar surface area (TPSA) is 27.6 Å². The van der Waals surface area contributed by atoms with Crippen molar-refractivity contribution in [3.63, 3.8) is 0 Å². The molecule has 0 aromatic heterocycles. The Morgan fingerprint density at radius 2 is 2.20 bits per heavy atom. The number of benzene rings is 1. The van der Waals surface area contributed by atoms with Gasteiger partial charge in [0.25, 0.3) is 0 Å². The van der Waals surface area contributed by atoms with E-state index in [2.05, 4.69) is 51.8 Å². The molecule has 1 aliphatic heterocycles. The Morgan fingerprint density at radius 3 is 2.90 bits per heavy atom. The van der Waals surface area contributed by atoms with Crippen molar-refractivity contribution in [1.82, 2.24) is 10.2 Å². The summed E-state index contributed by atoms with van der Waals surface area (Å²) in [5.74, 6) is 2.90. The third kappa shape index (κ3) is 4.17. The average Bonchev–Trinajstić information content (AvgIpc) is 2.98. The van der Waals surface area contributed by atoms with Crippen LogP contribution in [-0.2, 0) is 0 Å². The maximum Gasteiger partial charge on any atom is 0.193 e. The number of aliphatic imine (C=N–C) groups is 1. The Morgan fingerprint density at radius 1 is 1.40 bits per heavy atom. The SMILES string of the molecule is CN=C(NCCCSC)N1CCC(c2ccccc2)C1. The summed E-state index contributed by atoms with van der Waals surface area (Å²) in [7, 11) is 1.88. The summed E-state index contributed by atoms with van der Waals surface area (Å²) in [5, 5.41) is 3.48. The van der Waals surface area contributed by atoms with E-state index in [1.165, 1.54) is 24.2 Å². The number of hydrogen-bond donors (Lipinski definition) is 1. The van der Waals surface area contributed by atoms with Gasteiger partial charge in [-0.15, -0.1) is 0 Å². The molecule has 1 saturated heterocycles. The van der Waals surface area contributed by atoms with E-state index in [4.69, 9.17) is 0 Å². The zero-order chi connectivity index (χ0) is 14.2. The van der Waals surface area contributed by atoms with Gasteiger partial charge >= 0.3 is 0 Å². The molecule has 0 amide bonds. The molecule has 4 heteroatoms. The smallest absolute Gasteiger partial charge is 0.193 e. The van der Waals surface area contributed by atoms with Crippen molar-refractivity contribution < 1.29 is 0 Å². The molecular weight excluding hydrogens is 266 g/mol. The van der Waals surface area contributed by atoms with E-state index in [0.29, 0.717) is 5.92 Å². The number of nitrogens with zero attached hydrogens (tertiary/aromatic N) is 2. The molecule has 1 aromatic carbocycles. The molecule has 0 radical (unpaired) electrons. The standard InChI is InChI=1S/C16H25N3S/c1-17-16(18-10-6-12-20-2)19-11-9-15(13-19)14-7-4-3-5-8-14/h3-5,7-8,15H,6,9-13H2,1-2H3,(H,17,18). The number of guanidine groups is 1. The van der Waals surface area contributed by atoms with E-state index in [1.54, 1.807) is 0 Å². The number of hydrogen-bond acceptors (Lipinski definition) is 2. The van der Waals surface area contributed by atoms with Crippen LogP contribution in [0.3, 0.4) is 0 Å². The molecule has 20 heavy (non-hydrogen) atoms. The predicted octanol–water partition coefficient (Wildman–Crippen LogP) is 2.80. The maximum absolute atomic E-state index is 4.42. The second kappa shape index (κ2) is 8.20. The minimum absolute atomic E-state index is 0.640. The summed E-state index contributed by atoms with van der Waals surface area (Å²) in [4.78, 5) is 6.81. The lowest BCUT2D eigenvalue weighted by atomic mass is 9.99. The van der Waals surface area contributed by atoms with Gasteiger partial charge < -0.3 is 10.2 Å². The minimum atomic E-state index is 0.640. The van der Waals surface area contributed by atoms with Crippen LogP contribution in [0.4, 0.5) is 0 Å². The van der Waals surface area contributed by atoms with Crippen molar-refractivity contribution in [3.8, 4) is 0 Å². The molecular formula is C16H25N3S. The Labute approximate surface area is 126 Å². The number of thioether (sulfide) groups is 1. The van der Waals surface area contributed by atoms with Gasteiger partial charge in [0.1, 0.15) is 0 Å². The molecule has 0 spiro atoms. The zero-order valence-electron chi connectivity index (χ0n) is 12.5. The van der Waals surface area contributed by atoms with E-state index in [0.717, 1.165) is 25.6 Å². The van der Waals surface area contributed by atoms with Crippen LogP contribution in [-0.4, -0.2) is 49.6 Å². The molecule has 3 nitrogen and oxygen atoms in total. The Bertz CT molecular complexity index is 419. The monoisotopic (exact) mass is 291 g/mol. The van der Waals surface area contributed by atoms with Crippen LogP contribution in [0.15, 0.2) is 35.3 Å². The highest BCUT2D eigenvalue weighted by Crippen LogP contribution is 2.26. The van der Waals surface area contributed by atoms with Crippen LogP contribution in [0.5, 0.6) is 0 Å². The molecule has 1 N–H and O–H groups in total. The maximum atomic E-state index is 4.42. The first kappa shape index (κ1) is 15.2. The van der Waals surface area contributed by atoms with Crippen LogP contribution >= 0.6 is 11.8 Å². The molecule has 1 unspecified atom stereocenters. The van der Waals surface area contributed by atoms with Crippen molar-refractivity contribution in [2.24, 2.45) is 4.99 Å². The fourth-order valence-electron chi connectivity index (χ4n) is 2.70. The number of likely N-dealkylation sites (tertiary alicyclic amines) is 1. The van der Waals surface area contributed by atoms with Gasteiger partial charge in [-0.1, -0.05) is 30.3 Å². The highest BCUT2D eigenvalue weighted by atomic mass is 32.2. The average molecular weight is 291 g/mol. The predicted molar refractivity (Wildman–Crippen MR) is 89.7 cm³/mol. The molecule has 1 fully saturated rings. The van der Waals surface area contributed by atoms with Crippen molar-refractivity contribution in [2.75, 3.05) is 38.7 Å². The second-order valence-corrected chi connectivity index (χ2v) is 6.15. The third-order valence-electron chi connectivity index (χ3n) is 3.78. The molecule has 110 valence electrons. The molecule has 1 aromatic rings. The first-order chi connectivity index (χ1) is 9.85. The third-order valence-corrected chi connectivity index (χ3v) is 4.48. The van der Waals surface area contributed by atoms with Gasteiger partial charge in [-0.05, 0) is 30.4 Å². The van der Waals surface area contributed by atoms with E-state index < -0.39 is 0 Å². The molecule has 2 rings (SSSR count). The summed E-state index contributed by atoms with van der Waals surface area (Å²) in [6.07, 6.45) is 4.56. The highest BCUT2D eigenvalue weighted by Gasteiger charge is 2.25. The van der Waals surface area contributed by atoms with Gasteiger partial charge in [-0.3, -0.25) is 4.99 Å². The first-order valence-corrected chi connectivity index (χ1v) is 8.74. The van der Waals surface area contributed by atoms with Gasteiger partial charge in [-0.25, -0.2) is 0 Å². The Balaban J connectivity index is 1.84. The van der Waals surface area contributed by atoms with Gasteiger partial charge in [0.2, 0.25) is 0 Å². The second-order valence-electron chi connectivity index (χ2n) is 5.16. The normalized spacial score (nSPS) is 19.4. The summed E-state index contributed by atoms with van der Waals surface area (Å²) in [5.41, 5.74) is 1.45. The van der Waals surface area contributed by atoms with Crippen molar-refractivity contribution >= 4 is 17.7 Å². The minimum Gasteiger partial charge on any atom is -0.356 e. The van der Waals surface area contributed by atoms with Crippen molar-refractivity contribution in [3.05, 3.63) is 35.9 Å². The molecule has 0 aliphatic carbocycles. The van der Waals surface area contributed by atoms with Gasteiger partial charge in [0, 0.05) is 32.6 Å².